The van der Waals surface area contributed by atoms with E-state index in [2.05, 4.69) is 15.3 Å². The van der Waals surface area contributed by atoms with Crippen molar-refractivity contribution < 1.29 is 24.9 Å². The third-order valence-electron chi connectivity index (χ3n) is 3.35. The second-order valence-corrected chi connectivity index (χ2v) is 5.10. The van der Waals surface area contributed by atoms with E-state index < -0.39 is 24.0 Å². The summed E-state index contributed by atoms with van der Waals surface area (Å²) >= 11 is 0. The summed E-state index contributed by atoms with van der Waals surface area (Å²) in [6.07, 6.45) is 3.11. The molecule has 0 bridgehead atoms. The van der Waals surface area contributed by atoms with Crippen molar-refractivity contribution in [3.05, 3.63) is 48.0 Å². The lowest BCUT2D eigenvalue weighted by Gasteiger charge is -2.20. The van der Waals surface area contributed by atoms with Gasteiger partial charge in [-0.15, -0.1) is 0 Å². The molecular formula is C15H17N3O5. The van der Waals surface area contributed by atoms with E-state index in [1.165, 1.54) is 24.7 Å². The Bertz CT molecular complexity index is 654. The first-order chi connectivity index (χ1) is 11.0. The number of phenolic OH excluding ortho intramolecular Hbond substituents is 1. The molecule has 1 aromatic heterocycles. The fraction of sp³-hybridized carbons (Fsp3) is 0.267. The highest BCUT2D eigenvalue weighted by Gasteiger charge is 2.26. The van der Waals surface area contributed by atoms with Gasteiger partial charge in [0.2, 0.25) is 0 Å². The SMILES string of the molecule is O=C(O)C(Cc1ccc(O)cc1)N[C@@H](Cc1cnc[nH]1)C(=O)O. The first kappa shape index (κ1) is 16.5. The molecule has 5 N–H and O–H groups in total. The van der Waals surface area contributed by atoms with Gasteiger partial charge in [0.1, 0.15) is 17.8 Å². The van der Waals surface area contributed by atoms with E-state index in [1.54, 1.807) is 12.1 Å². The zero-order valence-electron chi connectivity index (χ0n) is 12.1. The van der Waals surface area contributed by atoms with Crippen LogP contribution in [-0.4, -0.2) is 49.3 Å². The number of benzene rings is 1. The minimum atomic E-state index is -1.14. The van der Waals surface area contributed by atoms with Crippen LogP contribution in [0, 0.1) is 0 Å². The number of H-pyrrole nitrogens is 1. The topological polar surface area (TPSA) is 136 Å². The minimum Gasteiger partial charge on any atom is -0.508 e. The summed E-state index contributed by atoms with van der Waals surface area (Å²) in [6, 6.07) is 3.97. The van der Waals surface area contributed by atoms with E-state index >= 15 is 0 Å². The molecule has 1 unspecified atom stereocenters. The van der Waals surface area contributed by atoms with Crippen molar-refractivity contribution in [3.8, 4) is 5.75 Å². The maximum absolute atomic E-state index is 11.4. The number of aromatic hydroxyl groups is 1. The van der Waals surface area contributed by atoms with Gasteiger partial charge >= 0.3 is 11.9 Å². The Morgan fingerprint density at radius 2 is 1.70 bits per heavy atom. The number of hydrogen-bond acceptors (Lipinski definition) is 5. The number of imidazole rings is 1. The molecule has 0 amide bonds. The molecule has 0 radical (unpaired) electrons. The van der Waals surface area contributed by atoms with Crippen molar-refractivity contribution in [2.75, 3.05) is 0 Å². The maximum Gasteiger partial charge on any atom is 0.321 e. The monoisotopic (exact) mass is 319 g/mol. The van der Waals surface area contributed by atoms with E-state index in [0.717, 1.165) is 0 Å². The highest BCUT2D eigenvalue weighted by molar-refractivity contribution is 5.78. The molecule has 0 saturated heterocycles. The number of carbonyl (C=O) groups is 2. The highest BCUT2D eigenvalue weighted by Crippen LogP contribution is 2.12. The molecule has 0 aliphatic carbocycles. The number of aromatic nitrogens is 2. The van der Waals surface area contributed by atoms with E-state index in [0.29, 0.717) is 11.3 Å². The van der Waals surface area contributed by atoms with Crippen LogP contribution in [0.1, 0.15) is 11.3 Å². The second-order valence-electron chi connectivity index (χ2n) is 5.10. The number of phenols is 1. The molecule has 1 aromatic carbocycles. The standard InChI is InChI=1S/C15H17N3O5/c19-11-3-1-9(2-4-11)5-12(14(20)21)18-13(15(22)23)6-10-7-16-8-17-10/h1-4,7-8,12-13,18-19H,5-6H2,(H,16,17)(H,20,21)(H,22,23)/t12?,13-/m0/s1. The fourth-order valence-electron chi connectivity index (χ4n) is 2.16. The lowest BCUT2D eigenvalue weighted by atomic mass is 10.0. The summed E-state index contributed by atoms with van der Waals surface area (Å²) in [5, 5.41) is 30.5. The third kappa shape index (κ3) is 4.82. The van der Waals surface area contributed by atoms with Crippen LogP contribution in [0.25, 0.3) is 0 Å². The van der Waals surface area contributed by atoms with Crippen LogP contribution in [0.15, 0.2) is 36.8 Å². The van der Waals surface area contributed by atoms with Gasteiger partial charge in [0.15, 0.2) is 0 Å². The zero-order chi connectivity index (χ0) is 16.8. The van der Waals surface area contributed by atoms with E-state index in [4.69, 9.17) is 0 Å². The molecule has 8 nitrogen and oxygen atoms in total. The zero-order valence-corrected chi connectivity index (χ0v) is 12.1. The second kappa shape index (κ2) is 7.41. The molecule has 0 fully saturated rings. The Hall–Kier alpha value is -2.87. The average molecular weight is 319 g/mol. The molecule has 0 aliphatic rings. The fourth-order valence-corrected chi connectivity index (χ4v) is 2.16. The lowest BCUT2D eigenvalue weighted by molar-refractivity contribution is -0.142. The van der Waals surface area contributed by atoms with Crippen molar-refractivity contribution >= 4 is 11.9 Å². The Balaban J connectivity index is 2.07. The number of aliphatic carboxylic acids is 2. The minimum absolute atomic E-state index is 0.0799. The average Bonchev–Trinajstić information content (AvgIpc) is 3.00. The molecule has 8 heteroatoms. The summed E-state index contributed by atoms with van der Waals surface area (Å²) in [5.74, 6) is -2.21. The number of rotatable bonds is 8. The van der Waals surface area contributed by atoms with Gasteiger partial charge in [-0.1, -0.05) is 12.1 Å². The Labute approximate surface area is 131 Å². The molecule has 0 saturated carbocycles. The Morgan fingerprint density at radius 3 is 2.22 bits per heavy atom. The quantitative estimate of drug-likeness (QED) is 0.475. The van der Waals surface area contributed by atoms with Crippen molar-refractivity contribution in [2.24, 2.45) is 0 Å². The molecule has 2 aromatic rings. The Morgan fingerprint density at radius 1 is 1.09 bits per heavy atom. The first-order valence-corrected chi connectivity index (χ1v) is 6.92. The van der Waals surface area contributed by atoms with Crippen LogP contribution in [0.3, 0.4) is 0 Å². The van der Waals surface area contributed by atoms with Crippen LogP contribution in [0.4, 0.5) is 0 Å². The van der Waals surface area contributed by atoms with Crippen LogP contribution in [0.5, 0.6) is 5.75 Å². The van der Waals surface area contributed by atoms with Gasteiger partial charge in [0.25, 0.3) is 0 Å². The molecule has 2 atom stereocenters. The first-order valence-electron chi connectivity index (χ1n) is 6.92. The number of nitrogens with zero attached hydrogens (tertiary/aromatic N) is 1. The molecule has 0 aliphatic heterocycles. The summed E-state index contributed by atoms with van der Waals surface area (Å²) in [7, 11) is 0. The van der Waals surface area contributed by atoms with Gasteiger partial charge in [-0.3, -0.25) is 14.9 Å². The third-order valence-corrected chi connectivity index (χ3v) is 3.35. The number of hydrogen-bond donors (Lipinski definition) is 5. The highest BCUT2D eigenvalue weighted by atomic mass is 16.4. The molecule has 0 spiro atoms. The van der Waals surface area contributed by atoms with Gasteiger partial charge in [-0.25, -0.2) is 4.98 Å². The van der Waals surface area contributed by atoms with Gasteiger partial charge < -0.3 is 20.3 Å². The van der Waals surface area contributed by atoms with Crippen molar-refractivity contribution in [2.45, 2.75) is 24.9 Å². The van der Waals surface area contributed by atoms with Crippen LogP contribution in [0.2, 0.25) is 0 Å². The summed E-state index contributed by atoms with van der Waals surface area (Å²) in [5.41, 5.74) is 1.27. The smallest absolute Gasteiger partial charge is 0.321 e. The van der Waals surface area contributed by atoms with Gasteiger partial charge in [0.05, 0.1) is 6.33 Å². The summed E-state index contributed by atoms with van der Waals surface area (Å²) < 4.78 is 0. The lowest BCUT2D eigenvalue weighted by Crippen LogP contribution is -2.49. The maximum atomic E-state index is 11.4. The van der Waals surface area contributed by atoms with Crippen LogP contribution < -0.4 is 5.32 Å². The molecule has 2 rings (SSSR count). The van der Waals surface area contributed by atoms with Gasteiger partial charge in [-0.2, -0.15) is 0 Å². The summed E-state index contributed by atoms with van der Waals surface area (Å²) in [6.45, 7) is 0. The molecule has 122 valence electrons. The molecule has 1 heterocycles. The largest absolute Gasteiger partial charge is 0.508 e. The normalized spacial score (nSPS) is 13.4. The predicted molar refractivity (Wildman–Crippen MR) is 80.1 cm³/mol. The van der Waals surface area contributed by atoms with Crippen molar-refractivity contribution in [3.63, 3.8) is 0 Å². The van der Waals surface area contributed by atoms with E-state index in [9.17, 15) is 24.9 Å². The van der Waals surface area contributed by atoms with Crippen LogP contribution >= 0.6 is 0 Å². The van der Waals surface area contributed by atoms with Crippen LogP contribution in [-0.2, 0) is 22.4 Å². The number of carboxylic acids is 2. The molecular weight excluding hydrogens is 302 g/mol. The van der Waals surface area contributed by atoms with Gasteiger partial charge in [-0.05, 0) is 24.1 Å². The van der Waals surface area contributed by atoms with E-state index in [1.807, 2.05) is 0 Å². The van der Waals surface area contributed by atoms with Crippen molar-refractivity contribution in [1.82, 2.24) is 15.3 Å². The van der Waals surface area contributed by atoms with Gasteiger partial charge in [0, 0.05) is 18.3 Å². The molecule has 23 heavy (non-hydrogen) atoms. The predicted octanol–water partition coefficient (Wildman–Crippen LogP) is 0.397. The van der Waals surface area contributed by atoms with Crippen molar-refractivity contribution in [1.29, 1.82) is 0 Å². The summed E-state index contributed by atoms with van der Waals surface area (Å²) in [4.78, 5) is 29.4. The number of carboxylic acid groups (broad SMARTS) is 2. The number of nitrogens with one attached hydrogen (secondary N) is 2. The van der Waals surface area contributed by atoms with E-state index in [-0.39, 0.29) is 18.6 Å². The Kier molecular flexibility index (Phi) is 5.32. The number of aromatic amines is 1.